The predicted molar refractivity (Wildman–Crippen MR) is 87.7 cm³/mol. The summed E-state index contributed by atoms with van der Waals surface area (Å²) < 4.78 is 0. The van der Waals surface area contributed by atoms with Crippen LogP contribution in [0, 0.1) is 0 Å². The minimum absolute atomic E-state index is 0.230. The second-order valence-electron chi connectivity index (χ2n) is 5.30. The number of fused-ring (bicyclic) bond motifs is 2. The lowest BCUT2D eigenvalue weighted by Crippen LogP contribution is -2.39. The molecular weight excluding hydrogens is 306 g/mol. The van der Waals surface area contributed by atoms with Gasteiger partial charge in [0.1, 0.15) is 0 Å². The SMILES string of the molecule is O=C(Nc1cccc2cccnc12)N1C(=O)c2ccccc2C1=O. The van der Waals surface area contributed by atoms with Gasteiger partial charge in [0.2, 0.25) is 0 Å². The number of carbonyl (C=O) groups is 3. The largest absolute Gasteiger partial charge is 0.336 e. The molecule has 0 saturated carbocycles. The van der Waals surface area contributed by atoms with E-state index >= 15 is 0 Å². The van der Waals surface area contributed by atoms with Gasteiger partial charge in [-0.3, -0.25) is 14.6 Å². The maximum atomic E-state index is 12.5. The Morgan fingerprint density at radius 2 is 1.54 bits per heavy atom. The number of pyridine rings is 1. The van der Waals surface area contributed by atoms with Gasteiger partial charge in [0, 0.05) is 11.6 Å². The molecule has 0 spiro atoms. The average Bonchev–Trinajstić information content (AvgIpc) is 2.87. The summed E-state index contributed by atoms with van der Waals surface area (Å²) in [5.74, 6) is -1.25. The van der Waals surface area contributed by atoms with Gasteiger partial charge in [-0.2, -0.15) is 4.90 Å². The number of hydrogen-bond acceptors (Lipinski definition) is 4. The number of carbonyl (C=O) groups excluding carboxylic acids is 3. The molecule has 0 atom stereocenters. The number of aromatic nitrogens is 1. The Hall–Kier alpha value is -3.54. The maximum absolute atomic E-state index is 12.5. The highest BCUT2D eigenvalue weighted by Crippen LogP contribution is 2.25. The number of rotatable bonds is 1. The summed E-state index contributed by atoms with van der Waals surface area (Å²) in [6.07, 6.45) is 1.61. The Labute approximate surface area is 136 Å². The van der Waals surface area contributed by atoms with Crippen LogP contribution in [0.3, 0.4) is 0 Å². The number of nitrogens with zero attached hydrogens (tertiary/aromatic N) is 2. The summed E-state index contributed by atoms with van der Waals surface area (Å²) in [4.78, 5) is 42.0. The molecule has 1 N–H and O–H groups in total. The van der Waals surface area contributed by atoms with E-state index in [1.165, 1.54) is 12.1 Å². The molecular formula is C18H11N3O3. The number of anilines is 1. The second kappa shape index (κ2) is 5.27. The summed E-state index contributed by atoms with van der Waals surface area (Å²) in [5, 5.41) is 3.45. The number of amides is 4. The molecule has 24 heavy (non-hydrogen) atoms. The van der Waals surface area contributed by atoms with Crippen molar-refractivity contribution in [1.29, 1.82) is 0 Å². The molecule has 0 radical (unpaired) electrons. The van der Waals surface area contributed by atoms with E-state index in [9.17, 15) is 14.4 Å². The Morgan fingerprint density at radius 1 is 0.875 bits per heavy atom. The fourth-order valence-electron chi connectivity index (χ4n) is 2.75. The molecule has 4 amide bonds. The smallest absolute Gasteiger partial charge is 0.305 e. The normalized spacial score (nSPS) is 13.2. The molecule has 2 aromatic carbocycles. The molecule has 4 rings (SSSR count). The van der Waals surface area contributed by atoms with Crippen molar-refractivity contribution in [2.75, 3.05) is 5.32 Å². The molecule has 0 bridgehead atoms. The molecule has 1 aliphatic heterocycles. The van der Waals surface area contributed by atoms with Crippen molar-refractivity contribution in [1.82, 2.24) is 9.88 Å². The summed E-state index contributed by atoms with van der Waals surface area (Å²) >= 11 is 0. The van der Waals surface area contributed by atoms with Gasteiger partial charge in [0.15, 0.2) is 0 Å². The van der Waals surface area contributed by atoms with Crippen LogP contribution in [0.2, 0.25) is 0 Å². The van der Waals surface area contributed by atoms with Crippen LogP contribution in [-0.2, 0) is 0 Å². The van der Waals surface area contributed by atoms with Crippen LogP contribution in [0.25, 0.3) is 10.9 Å². The van der Waals surface area contributed by atoms with Crippen molar-refractivity contribution in [2.24, 2.45) is 0 Å². The molecule has 3 aromatic rings. The first-order valence-electron chi connectivity index (χ1n) is 7.29. The third-order valence-electron chi connectivity index (χ3n) is 3.87. The number of urea groups is 1. The Morgan fingerprint density at radius 3 is 2.25 bits per heavy atom. The van der Waals surface area contributed by atoms with Gasteiger partial charge in [-0.1, -0.05) is 30.3 Å². The van der Waals surface area contributed by atoms with E-state index in [4.69, 9.17) is 0 Å². The van der Waals surface area contributed by atoms with E-state index in [0.717, 1.165) is 5.39 Å². The molecule has 1 aromatic heterocycles. The van der Waals surface area contributed by atoms with E-state index in [0.29, 0.717) is 16.1 Å². The standard InChI is InChI=1S/C18H11N3O3/c22-16-12-7-1-2-8-13(12)17(23)21(16)18(24)20-14-9-3-5-11-6-4-10-19-15(11)14/h1-10H,(H,20,24). The van der Waals surface area contributed by atoms with E-state index < -0.39 is 17.8 Å². The van der Waals surface area contributed by atoms with Crippen molar-refractivity contribution in [3.05, 3.63) is 71.9 Å². The minimum atomic E-state index is -0.792. The summed E-state index contributed by atoms with van der Waals surface area (Å²) in [6.45, 7) is 0. The molecule has 6 heteroatoms. The first-order valence-corrected chi connectivity index (χ1v) is 7.29. The van der Waals surface area contributed by atoms with Crippen LogP contribution in [0.1, 0.15) is 20.7 Å². The zero-order valence-corrected chi connectivity index (χ0v) is 12.4. The third-order valence-corrected chi connectivity index (χ3v) is 3.87. The zero-order valence-electron chi connectivity index (χ0n) is 12.4. The van der Waals surface area contributed by atoms with Crippen LogP contribution in [0.5, 0.6) is 0 Å². The van der Waals surface area contributed by atoms with Crippen LogP contribution < -0.4 is 5.32 Å². The second-order valence-corrected chi connectivity index (χ2v) is 5.30. The van der Waals surface area contributed by atoms with Gasteiger partial charge < -0.3 is 5.32 Å². The van der Waals surface area contributed by atoms with Crippen molar-refractivity contribution in [2.45, 2.75) is 0 Å². The molecule has 2 heterocycles. The molecule has 0 saturated heterocycles. The number of benzene rings is 2. The highest BCUT2D eigenvalue weighted by atomic mass is 16.2. The lowest BCUT2D eigenvalue weighted by molar-refractivity contribution is 0.0713. The molecule has 6 nitrogen and oxygen atoms in total. The summed E-state index contributed by atoms with van der Waals surface area (Å²) in [7, 11) is 0. The van der Waals surface area contributed by atoms with Gasteiger partial charge in [-0.05, 0) is 24.3 Å². The molecule has 0 unspecified atom stereocenters. The quantitative estimate of drug-likeness (QED) is 0.700. The molecule has 1 aliphatic rings. The predicted octanol–water partition coefficient (Wildman–Crippen LogP) is 3.06. The Bertz CT molecular complexity index is 973. The van der Waals surface area contributed by atoms with E-state index in [1.54, 1.807) is 36.5 Å². The van der Waals surface area contributed by atoms with Gasteiger partial charge in [-0.25, -0.2) is 4.79 Å². The molecule has 0 aliphatic carbocycles. The summed E-state index contributed by atoms with van der Waals surface area (Å²) in [6, 6.07) is 14.5. The lowest BCUT2D eigenvalue weighted by atomic mass is 10.1. The molecule has 0 fully saturated rings. The number of imide groups is 3. The van der Waals surface area contributed by atoms with E-state index in [2.05, 4.69) is 10.3 Å². The highest BCUT2D eigenvalue weighted by molar-refractivity contribution is 6.30. The van der Waals surface area contributed by atoms with Crippen LogP contribution in [0.4, 0.5) is 10.5 Å². The van der Waals surface area contributed by atoms with Crippen molar-refractivity contribution < 1.29 is 14.4 Å². The fraction of sp³-hybridized carbons (Fsp3) is 0. The van der Waals surface area contributed by atoms with Gasteiger partial charge in [-0.15, -0.1) is 0 Å². The van der Waals surface area contributed by atoms with E-state index in [-0.39, 0.29) is 11.1 Å². The maximum Gasteiger partial charge on any atom is 0.336 e. The van der Waals surface area contributed by atoms with Gasteiger partial charge >= 0.3 is 6.03 Å². The topological polar surface area (TPSA) is 79.4 Å². The zero-order chi connectivity index (χ0) is 16.7. The summed E-state index contributed by atoms with van der Waals surface area (Å²) in [5.41, 5.74) is 1.49. The monoisotopic (exact) mass is 317 g/mol. The Balaban J connectivity index is 1.68. The third kappa shape index (κ3) is 2.04. The van der Waals surface area contributed by atoms with Gasteiger partial charge in [0.05, 0.1) is 22.3 Å². The lowest BCUT2D eigenvalue weighted by Gasteiger charge is -2.14. The minimum Gasteiger partial charge on any atom is -0.305 e. The first kappa shape index (κ1) is 14.1. The van der Waals surface area contributed by atoms with Gasteiger partial charge in [0.25, 0.3) is 11.8 Å². The van der Waals surface area contributed by atoms with Crippen LogP contribution in [-0.4, -0.2) is 27.7 Å². The number of nitrogens with one attached hydrogen (secondary N) is 1. The van der Waals surface area contributed by atoms with Crippen LogP contribution in [0.15, 0.2) is 60.8 Å². The average molecular weight is 317 g/mol. The Kier molecular flexibility index (Phi) is 3.09. The van der Waals surface area contributed by atoms with Crippen molar-refractivity contribution in [3.63, 3.8) is 0 Å². The fourth-order valence-corrected chi connectivity index (χ4v) is 2.75. The number of para-hydroxylation sites is 1. The van der Waals surface area contributed by atoms with Crippen molar-refractivity contribution >= 4 is 34.4 Å². The molecule has 116 valence electrons. The van der Waals surface area contributed by atoms with E-state index in [1.807, 2.05) is 12.1 Å². The first-order chi connectivity index (χ1) is 11.7. The van der Waals surface area contributed by atoms with Crippen molar-refractivity contribution in [3.8, 4) is 0 Å². The van der Waals surface area contributed by atoms with Crippen LogP contribution >= 0.6 is 0 Å². The highest BCUT2D eigenvalue weighted by Gasteiger charge is 2.39. The number of hydrogen-bond donors (Lipinski definition) is 1.